The highest BCUT2D eigenvalue weighted by Crippen LogP contribution is 2.24. The number of carbonyl (C=O) groups excluding carboxylic acids is 1. The van der Waals surface area contributed by atoms with Crippen LogP contribution in [0, 0.1) is 6.92 Å². The van der Waals surface area contributed by atoms with Crippen LogP contribution < -0.4 is 10.6 Å². The predicted octanol–water partition coefficient (Wildman–Crippen LogP) is 1.48. The van der Waals surface area contributed by atoms with Gasteiger partial charge in [0.2, 0.25) is 5.91 Å². The maximum atomic E-state index is 11.7. The van der Waals surface area contributed by atoms with Gasteiger partial charge < -0.3 is 15.7 Å². The van der Waals surface area contributed by atoms with E-state index in [-0.39, 0.29) is 28.6 Å². The lowest BCUT2D eigenvalue weighted by atomic mass is 10.1. The molecule has 0 atom stereocenters. The number of aromatic carboxylic acids is 1. The number of carboxylic acid groups (broad SMARTS) is 1. The smallest absolute Gasteiger partial charge is 0.340 e. The lowest BCUT2D eigenvalue weighted by Crippen LogP contribution is -2.41. The van der Waals surface area contributed by atoms with E-state index in [1.54, 1.807) is 6.92 Å². The third kappa shape index (κ3) is 4.08. The summed E-state index contributed by atoms with van der Waals surface area (Å²) in [5.41, 5.74) is 0.298. The summed E-state index contributed by atoms with van der Waals surface area (Å²) in [6, 6.07) is 0. The van der Waals surface area contributed by atoms with E-state index in [0.717, 1.165) is 11.5 Å². The fraction of sp³-hybridized carbons (Fsp3) is 0.545. The molecule has 0 aliphatic rings. The standard InChI is InChI=1S/C11H17N3O3S/c1-6-8(10(16)17)9(18-14-6)13-7(15)5-12-11(2,3)4/h12H,5H2,1-4H3,(H,13,15)(H,16,17). The average molecular weight is 271 g/mol. The Bertz CT molecular complexity index is 463. The van der Waals surface area contributed by atoms with E-state index in [4.69, 9.17) is 5.11 Å². The molecule has 1 aromatic rings. The van der Waals surface area contributed by atoms with Gasteiger partial charge in [-0.3, -0.25) is 4.79 Å². The van der Waals surface area contributed by atoms with E-state index in [2.05, 4.69) is 15.0 Å². The first-order valence-corrected chi connectivity index (χ1v) is 6.22. The molecule has 1 heterocycles. The molecule has 6 nitrogen and oxygen atoms in total. The third-order valence-electron chi connectivity index (χ3n) is 2.11. The molecular formula is C11H17N3O3S. The molecule has 0 aromatic carbocycles. The van der Waals surface area contributed by atoms with Crippen LogP contribution in [0.4, 0.5) is 5.00 Å². The van der Waals surface area contributed by atoms with Crippen LogP contribution in [0.1, 0.15) is 36.8 Å². The molecule has 18 heavy (non-hydrogen) atoms. The fourth-order valence-electron chi connectivity index (χ4n) is 1.22. The van der Waals surface area contributed by atoms with Gasteiger partial charge in [0, 0.05) is 5.54 Å². The van der Waals surface area contributed by atoms with Crippen molar-refractivity contribution < 1.29 is 14.7 Å². The zero-order valence-electron chi connectivity index (χ0n) is 10.8. The van der Waals surface area contributed by atoms with Crippen molar-refractivity contribution in [1.82, 2.24) is 9.69 Å². The van der Waals surface area contributed by atoms with E-state index in [9.17, 15) is 9.59 Å². The minimum atomic E-state index is -1.08. The number of carbonyl (C=O) groups is 2. The highest BCUT2D eigenvalue weighted by Gasteiger charge is 2.19. The molecule has 0 saturated heterocycles. The van der Waals surface area contributed by atoms with Crippen molar-refractivity contribution >= 4 is 28.4 Å². The van der Waals surface area contributed by atoms with E-state index >= 15 is 0 Å². The maximum absolute atomic E-state index is 11.7. The highest BCUT2D eigenvalue weighted by atomic mass is 32.1. The number of nitrogens with one attached hydrogen (secondary N) is 2. The molecule has 0 fully saturated rings. The molecule has 0 spiro atoms. The van der Waals surface area contributed by atoms with Gasteiger partial charge in [0.05, 0.1) is 12.2 Å². The molecule has 0 radical (unpaired) electrons. The highest BCUT2D eigenvalue weighted by molar-refractivity contribution is 7.11. The quantitative estimate of drug-likeness (QED) is 0.771. The Balaban J connectivity index is 2.68. The number of aromatic nitrogens is 1. The summed E-state index contributed by atoms with van der Waals surface area (Å²) in [7, 11) is 0. The van der Waals surface area contributed by atoms with Crippen LogP contribution >= 0.6 is 11.5 Å². The lowest BCUT2D eigenvalue weighted by molar-refractivity contribution is -0.115. The van der Waals surface area contributed by atoms with Gasteiger partial charge >= 0.3 is 5.97 Å². The van der Waals surface area contributed by atoms with Crippen molar-refractivity contribution in [3.63, 3.8) is 0 Å². The number of hydrogen-bond acceptors (Lipinski definition) is 5. The number of anilines is 1. The van der Waals surface area contributed by atoms with Crippen LogP contribution in [0.5, 0.6) is 0 Å². The van der Waals surface area contributed by atoms with Crippen molar-refractivity contribution in [2.75, 3.05) is 11.9 Å². The first-order chi connectivity index (χ1) is 8.20. The van der Waals surface area contributed by atoms with Gasteiger partial charge in [-0.2, -0.15) is 4.37 Å². The van der Waals surface area contributed by atoms with Crippen molar-refractivity contribution in [1.29, 1.82) is 0 Å². The third-order valence-corrected chi connectivity index (χ3v) is 2.96. The van der Waals surface area contributed by atoms with Crippen LogP contribution in [0.2, 0.25) is 0 Å². The number of amides is 1. The average Bonchev–Trinajstić information content (AvgIpc) is 2.55. The monoisotopic (exact) mass is 271 g/mol. The summed E-state index contributed by atoms with van der Waals surface area (Å²) in [4.78, 5) is 22.7. The molecule has 1 rings (SSSR count). The summed E-state index contributed by atoms with van der Waals surface area (Å²) >= 11 is 0.976. The molecular weight excluding hydrogens is 254 g/mol. The largest absolute Gasteiger partial charge is 0.478 e. The fourth-order valence-corrected chi connectivity index (χ4v) is 2.03. The van der Waals surface area contributed by atoms with Crippen LogP contribution in [-0.4, -0.2) is 33.4 Å². The Kier molecular flexibility index (Phi) is 4.42. The van der Waals surface area contributed by atoms with Crippen molar-refractivity contribution in [3.8, 4) is 0 Å². The first-order valence-electron chi connectivity index (χ1n) is 5.45. The minimum absolute atomic E-state index is 0.0594. The first kappa shape index (κ1) is 14.6. The molecule has 7 heteroatoms. The molecule has 0 unspecified atom stereocenters. The van der Waals surface area contributed by atoms with Crippen LogP contribution in [0.15, 0.2) is 0 Å². The van der Waals surface area contributed by atoms with Crippen LogP contribution in [-0.2, 0) is 4.79 Å². The minimum Gasteiger partial charge on any atom is -0.478 e. The van der Waals surface area contributed by atoms with E-state index in [0.29, 0.717) is 5.69 Å². The van der Waals surface area contributed by atoms with Crippen molar-refractivity contribution in [2.24, 2.45) is 0 Å². The number of hydrogen-bond donors (Lipinski definition) is 3. The molecule has 1 aromatic heterocycles. The Hall–Kier alpha value is -1.47. The molecule has 3 N–H and O–H groups in total. The summed E-state index contributed by atoms with van der Waals surface area (Å²) < 4.78 is 3.93. The second-order valence-corrected chi connectivity index (χ2v) is 5.70. The van der Waals surface area contributed by atoms with E-state index in [1.807, 2.05) is 20.8 Å². The maximum Gasteiger partial charge on any atom is 0.340 e. The second kappa shape index (κ2) is 5.45. The van der Waals surface area contributed by atoms with Gasteiger partial charge in [0.15, 0.2) is 0 Å². The molecule has 0 bridgehead atoms. The normalized spacial score (nSPS) is 11.3. The Labute approximate surface area is 110 Å². The van der Waals surface area contributed by atoms with Gasteiger partial charge in [-0.05, 0) is 39.2 Å². The van der Waals surface area contributed by atoms with Gasteiger partial charge in [-0.15, -0.1) is 0 Å². The zero-order valence-corrected chi connectivity index (χ0v) is 11.6. The summed E-state index contributed by atoms with van der Waals surface area (Å²) in [6.07, 6.45) is 0. The van der Waals surface area contributed by atoms with Gasteiger partial charge in [-0.25, -0.2) is 4.79 Å². The summed E-state index contributed by atoms with van der Waals surface area (Å²) in [5.74, 6) is -1.36. The SMILES string of the molecule is Cc1nsc(NC(=O)CNC(C)(C)C)c1C(=O)O. The Morgan fingerprint density at radius 3 is 2.50 bits per heavy atom. The van der Waals surface area contributed by atoms with Crippen LogP contribution in [0.25, 0.3) is 0 Å². The number of nitrogens with zero attached hydrogens (tertiary/aromatic N) is 1. The topological polar surface area (TPSA) is 91.3 Å². The van der Waals surface area contributed by atoms with Gasteiger partial charge in [-0.1, -0.05) is 0 Å². The molecule has 0 aliphatic carbocycles. The molecule has 1 amide bonds. The predicted molar refractivity (Wildman–Crippen MR) is 70.2 cm³/mol. The van der Waals surface area contributed by atoms with Crippen molar-refractivity contribution in [2.45, 2.75) is 33.2 Å². The lowest BCUT2D eigenvalue weighted by Gasteiger charge is -2.19. The van der Waals surface area contributed by atoms with Crippen LogP contribution in [0.3, 0.4) is 0 Å². The number of carboxylic acids is 1. The summed E-state index contributed by atoms with van der Waals surface area (Å²) in [6.45, 7) is 7.56. The van der Waals surface area contributed by atoms with E-state index < -0.39 is 5.97 Å². The number of aryl methyl sites for hydroxylation is 1. The summed E-state index contributed by atoms with van der Waals surface area (Å²) in [5, 5.41) is 14.9. The number of rotatable bonds is 4. The molecule has 100 valence electrons. The van der Waals surface area contributed by atoms with Gasteiger partial charge in [0.1, 0.15) is 10.6 Å². The Morgan fingerprint density at radius 2 is 2.00 bits per heavy atom. The van der Waals surface area contributed by atoms with Crippen molar-refractivity contribution in [3.05, 3.63) is 11.3 Å². The van der Waals surface area contributed by atoms with Gasteiger partial charge in [0.25, 0.3) is 0 Å². The molecule has 0 saturated carbocycles. The Morgan fingerprint density at radius 1 is 1.39 bits per heavy atom. The second-order valence-electron chi connectivity index (χ2n) is 4.93. The van der Waals surface area contributed by atoms with E-state index in [1.165, 1.54) is 0 Å². The zero-order chi connectivity index (χ0) is 13.9. The molecule has 0 aliphatic heterocycles.